The summed E-state index contributed by atoms with van der Waals surface area (Å²) < 4.78 is 5.55. The summed E-state index contributed by atoms with van der Waals surface area (Å²) in [7, 11) is 1.99. The molecule has 0 saturated carbocycles. The van der Waals surface area contributed by atoms with Crippen molar-refractivity contribution in [2.45, 2.75) is 60.2 Å². The van der Waals surface area contributed by atoms with Crippen LogP contribution in [0, 0.1) is 0 Å². The normalized spacial score (nSPS) is 18.4. The predicted octanol–water partition coefficient (Wildman–Crippen LogP) is 3.97. The Bertz CT molecular complexity index is 704. The highest BCUT2D eigenvalue weighted by molar-refractivity contribution is 5.92. The molecule has 6 heteroatoms. The van der Waals surface area contributed by atoms with Gasteiger partial charge in [0.05, 0.1) is 18.0 Å². The molecule has 6 nitrogen and oxygen atoms in total. The van der Waals surface area contributed by atoms with Crippen LogP contribution in [0.3, 0.4) is 0 Å². The fraction of sp³-hybridized carbons (Fsp3) is 0.522. The summed E-state index contributed by atoms with van der Waals surface area (Å²) in [6, 6.07) is 0. The fourth-order valence-electron chi connectivity index (χ4n) is 3.11. The molecule has 0 aromatic heterocycles. The Labute approximate surface area is 176 Å². The van der Waals surface area contributed by atoms with Gasteiger partial charge in [-0.05, 0) is 39.7 Å². The highest BCUT2D eigenvalue weighted by Crippen LogP contribution is 2.31. The second-order valence-corrected chi connectivity index (χ2v) is 6.99. The topological polar surface area (TPSA) is 70.8 Å². The number of hydrogen-bond donors (Lipinski definition) is 2. The maximum Gasteiger partial charge on any atom is 0.291 e. The summed E-state index contributed by atoms with van der Waals surface area (Å²) in [6.07, 6.45) is 10.1. The van der Waals surface area contributed by atoms with Crippen LogP contribution in [0.2, 0.25) is 0 Å². The minimum absolute atomic E-state index is 0.202. The standard InChI is InChI=1S/C23H38N4O2/c1-8-13-15-27-19(14-9-2)20(16-17(6)10-3)26(7)23(27)25-22(28)21(29-12-5)18(24)11-4/h8-9,13,16,23H,2,10-12,14-15,24H2,1,3-7H3,(H,25,28)/b13-8+,17-16-,21-18-. The van der Waals surface area contributed by atoms with E-state index in [0.717, 1.165) is 17.8 Å². The Morgan fingerprint density at radius 1 is 1.31 bits per heavy atom. The molecule has 0 aromatic rings. The van der Waals surface area contributed by atoms with E-state index in [0.29, 0.717) is 31.7 Å². The van der Waals surface area contributed by atoms with Crippen LogP contribution in [-0.2, 0) is 9.53 Å². The average molecular weight is 403 g/mol. The first kappa shape index (κ1) is 24.4. The van der Waals surface area contributed by atoms with Gasteiger partial charge in [0.1, 0.15) is 0 Å². The SMILES string of the molecule is C=CCC1=C(/C=C(/C)CC)N(C)C(NC(=O)/C(OCC)=C(/N)CC)N1C/C=C/C. The molecular formula is C23H38N4O2. The molecule has 1 heterocycles. The molecular weight excluding hydrogens is 364 g/mol. The number of rotatable bonds is 11. The number of nitrogens with one attached hydrogen (secondary N) is 1. The molecule has 0 fully saturated rings. The van der Waals surface area contributed by atoms with Crippen LogP contribution in [0.25, 0.3) is 0 Å². The smallest absolute Gasteiger partial charge is 0.291 e. The molecule has 1 unspecified atom stereocenters. The highest BCUT2D eigenvalue weighted by Gasteiger charge is 2.35. The number of likely N-dealkylation sites (N-methyl/N-ethyl adjacent to an activating group) is 1. The van der Waals surface area contributed by atoms with Gasteiger partial charge in [-0.2, -0.15) is 0 Å². The van der Waals surface area contributed by atoms with Gasteiger partial charge in [0.15, 0.2) is 6.29 Å². The van der Waals surface area contributed by atoms with Gasteiger partial charge in [0, 0.05) is 25.7 Å². The lowest BCUT2D eigenvalue weighted by atomic mass is 10.1. The lowest BCUT2D eigenvalue weighted by molar-refractivity contribution is -0.123. The van der Waals surface area contributed by atoms with E-state index in [4.69, 9.17) is 10.5 Å². The lowest BCUT2D eigenvalue weighted by Crippen LogP contribution is -2.52. The summed E-state index contributed by atoms with van der Waals surface area (Å²) in [5.41, 5.74) is 9.98. The molecule has 3 N–H and O–H groups in total. The van der Waals surface area contributed by atoms with Gasteiger partial charge >= 0.3 is 0 Å². The maximum atomic E-state index is 13.0. The quantitative estimate of drug-likeness (QED) is 0.311. The molecule has 1 aliphatic rings. The van der Waals surface area contributed by atoms with E-state index in [2.05, 4.69) is 47.7 Å². The lowest BCUT2D eigenvalue weighted by Gasteiger charge is -2.32. The largest absolute Gasteiger partial charge is 0.487 e. The molecule has 0 spiro atoms. The summed E-state index contributed by atoms with van der Waals surface area (Å²) in [5, 5.41) is 3.11. The molecule has 1 rings (SSSR count). The Hall–Kier alpha value is -2.63. The first-order valence-electron chi connectivity index (χ1n) is 10.4. The number of hydrogen-bond acceptors (Lipinski definition) is 5. The zero-order valence-electron chi connectivity index (χ0n) is 18.9. The van der Waals surface area contributed by atoms with Crippen LogP contribution < -0.4 is 11.1 Å². The molecule has 1 amide bonds. The zero-order chi connectivity index (χ0) is 22.0. The Morgan fingerprint density at radius 3 is 2.52 bits per heavy atom. The van der Waals surface area contributed by atoms with Gasteiger partial charge in [-0.1, -0.05) is 37.6 Å². The number of ether oxygens (including phenoxy) is 1. The monoisotopic (exact) mass is 402 g/mol. The Kier molecular flexibility index (Phi) is 10.1. The van der Waals surface area contributed by atoms with E-state index < -0.39 is 0 Å². The maximum absolute atomic E-state index is 13.0. The summed E-state index contributed by atoms with van der Waals surface area (Å²) in [6.45, 7) is 15.0. The number of nitrogens with two attached hydrogens (primary N) is 1. The molecule has 1 aliphatic heterocycles. The van der Waals surface area contributed by atoms with Crippen LogP contribution in [0.1, 0.15) is 53.9 Å². The van der Waals surface area contributed by atoms with Crippen molar-refractivity contribution in [3.63, 3.8) is 0 Å². The summed E-state index contributed by atoms with van der Waals surface area (Å²) in [5.74, 6) is -0.0997. The van der Waals surface area contributed by atoms with E-state index in [-0.39, 0.29) is 18.0 Å². The van der Waals surface area contributed by atoms with Crippen LogP contribution in [0.15, 0.2) is 59.3 Å². The van der Waals surface area contributed by atoms with Gasteiger partial charge < -0.3 is 25.6 Å². The molecule has 29 heavy (non-hydrogen) atoms. The van der Waals surface area contributed by atoms with Crippen LogP contribution in [0.5, 0.6) is 0 Å². The minimum atomic E-state index is -0.343. The van der Waals surface area contributed by atoms with Gasteiger partial charge in [-0.25, -0.2) is 0 Å². The van der Waals surface area contributed by atoms with Crippen LogP contribution in [0.4, 0.5) is 0 Å². The Balaban J connectivity index is 3.34. The molecule has 0 aromatic carbocycles. The second kappa shape index (κ2) is 12.0. The van der Waals surface area contributed by atoms with E-state index in [1.165, 1.54) is 5.57 Å². The number of amides is 1. The third kappa shape index (κ3) is 6.17. The molecule has 1 atom stereocenters. The van der Waals surface area contributed by atoms with Crippen molar-refractivity contribution >= 4 is 5.91 Å². The average Bonchev–Trinajstić information content (AvgIpc) is 2.94. The number of nitrogens with zero attached hydrogens (tertiary/aromatic N) is 2. The summed E-state index contributed by atoms with van der Waals surface area (Å²) >= 11 is 0. The molecule has 0 bridgehead atoms. The van der Waals surface area contributed by atoms with Crippen LogP contribution >= 0.6 is 0 Å². The van der Waals surface area contributed by atoms with Gasteiger partial charge in [-0.15, -0.1) is 6.58 Å². The Morgan fingerprint density at radius 2 is 2.00 bits per heavy atom. The van der Waals surface area contributed by atoms with Gasteiger partial charge in [0.2, 0.25) is 5.76 Å². The third-order valence-corrected chi connectivity index (χ3v) is 4.93. The van der Waals surface area contributed by atoms with E-state index >= 15 is 0 Å². The summed E-state index contributed by atoms with van der Waals surface area (Å²) in [4.78, 5) is 17.3. The number of carbonyl (C=O) groups excluding carboxylic acids is 1. The van der Waals surface area contributed by atoms with Crippen molar-refractivity contribution < 1.29 is 9.53 Å². The predicted molar refractivity (Wildman–Crippen MR) is 120 cm³/mol. The van der Waals surface area contributed by atoms with Crippen molar-refractivity contribution in [3.8, 4) is 0 Å². The van der Waals surface area contributed by atoms with E-state index in [1.54, 1.807) is 0 Å². The van der Waals surface area contributed by atoms with E-state index in [9.17, 15) is 4.79 Å². The number of carbonyl (C=O) groups is 1. The first-order chi connectivity index (χ1) is 13.9. The number of allylic oxidation sites excluding steroid dienone is 5. The van der Waals surface area contributed by atoms with Gasteiger partial charge in [0.25, 0.3) is 5.91 Å². The van der Waals surface area contributed by atoms with Crippen molar-refractivity contribution in [3.05, 3.63) is 59.3 Å². The zero-order valence-corrected chi connectivity index (χ0v) is 18.9. The van der Waals surface area contributed by atoms with Crippen LogP contribution in [-0.4, -0.2) is 42.2 Å². The molecule has 0 radical (unpaired) electrons. The first-order valence-corrected chi connectivity index (χ1v) is 10.4. The van der Waals surface area contributed by atoms with Crippen molar-refractivity contribution in [1.29, 1.82) is 0 Å². The van der Waals surface area contributed by atoms with Crippen molar-refractivity contribution in [1.82, 2.24) is 15.1 Å². The van der Waals surface area contributed by atoms with Crippen molar-refractivity contribution in [2.75, 3.05) is 20.2 Å². The molecule has 0 aliphatic carbocycles. The fourth-order valence-corrected chi connectivity index (χ4v) is 3.11. The third-order valence-electron chi connectivity index (χ3n) is 4.93. The molecule has 0 saturated heterocycles. The van der Waals surface area contributed by atoms with Gasteiger partial charge in [-0.3, -0.25) is 4.79 Å². The minimum Gasteiger partial charge on any atom is -0.487 e. The van der Waals surface area contributed by atoms with E-state index in [1.807, 2.05) is 40.0 Å². The highest BCUT2D eigenvalue weighted by atomic mass is 16.5. The second-order valence-electron chi connectivity index (χ2n) is 6.99. The van der Waals surface area contributed by atoms with Crippen molar-refractivity contribution in [2.24, 2.45) is 5.73 Å². The molecule has 162 valence electrons.